The van der Waals surface area contributed by atoms with Gasteiger partial charge in [-0.1, -0.05) is 30.3 Å². The van der Waals surface area contributed by atoms with E-state index in [1.54, 1.807) is 4.90 Å². The Balaban J connectivity index is 1.81. The number of benzene rings is 1. The van der Waals surface area contributed by atoms with Crippen molar-refractivity contribution in [3.8, 4) is 0 Å². The van der Waals surface area contributed by atoms with Crippen molar-refractivity contribution in [1.82, 2.24) is 4.90 Å². The zero-order valence-electron chi connectivity index (χ0n) is 11.0. The molecule has 1 aromatic carbocycles. The van der Waals surface area contributed by atoms with Crippen LogP contribution in [-0.4, -0.2) is 30.4 Å². The predicted octanol–water partition coefficient (Wildman–Crippen LogP) is 2.62. The molecule has 1 saturated heterocycles. The number of rotatable bonds is 3. The number of nitrogens with zero attached hydrogens (tertiary/aromatic N) is 1. The topological polar surface area (TPSA) is 46.6 Å². The molecule has 0 N–H and O–H groups in total. The summed E-state index contributed by atoms with van der Waals surface area (Å²) in [6.45, 7) is 1.59. The maximum atomic E-state index is 11.9. The van der Waals surface area contributed by atoms with Gasteiger partial charge in [0.05, 0.1) is 0 Å². The largest absolute Gasteiger partial charge is 0.445 e. The normalized spacial score (nSPS) is 19.6. The maximum absolute atomic E-state index is 11.9. The summed E-state index contributed by atoms with van der Waals surface area (Å²) in [5, 5.41) is 0. The third-order valence-corrected chi connectivity index (χ3v) is 3.43. The fourth-order valence-corrected chi connectivity index (χ4v) is 2.25. The summed E-state index contributed by atoms with van der Waals surface area (Å²) in [7, 11) is 0. The molecule has 1 unspecified atom stereocenters. The van der Waals surface area contributed by atoms with Crippen molar-refractivity contribution in [3.05, 3.63) is 35.9 Å². The van der Waals surface area contributed by atoms with Gasteiger partial charge in [0.2, 0.25) is 0 Å². The van der Waals surface area contributed by atoms with Crippen LogP contribution in [0.5, 0.6) is 0 Å². The molecule has 1 heterocycles. The summed E-state index contributed by atoms with van der Waals surface area (Å²) >= 11 is 0. The van der Waals surface area contributed by atoms with E-state index in [1.807, 2.05) is 30.3 Å². The van der Waals surface area contributed by atoms with Gasteiger partial charge in [0.15, 0.2) is 0 Å². The van der Waals surface area contributed by atoms with Gasteiger partial charge < -0.3 is 14.4 Å². The number of amides is 1. The molecule has 0 spiro atoms. The molecule has 102 valence electrons. The van der Waals surface area contributed by atoms with Crippen LogP contribution in [0.25, 0.3) is 0 Å². The third kappa shape index (κ3) is 4.09. The number of carbonyl (C=O) groups excluding carboxylic acids is 2. The van der Waals surface area contributed by atoms with Crippen LogP contribution in [0.3, 0.4) is 0 Å². The monoisotopic (exact) mass is 261 g/mol. The van der Waals surface area contributed by atoms with Gasteiger partial charge in [-0.15, -0.1) is 0 Å². The minimum Gasteiger partial charge on any atom is -0.445 e. The van der Waals surface area contributed by atoms with E-state index in [-0.39, 0.29) is 12.0 Å². The first-order valence-electron chi connectivity index (χ1n) is 6.70. The summed E-state index contributed by atoms with van der Waals surface area (Å²) in [4.78, 5) is 24.4. The predicted molar refractivity (Wildman–Crippen MR) is 71.6 cm³/mol. The van der Waals surface area contributed by atoms with Crippen LogP contribution in [-0.2, 0) is 16.1 Å². The minimum atomic E-state index is -0.282. The van der Waals surface area contributed by atoms with E-state index < -0.39 is 0 Å². The summed E-state index contributed by atoms with van der Waals surface area (Å²) in [5.74, 6) is 0.0897. The quantitative estimate of drug-likeness (QED) is 0.786. The smallest absolute Gasteiger partial charge is 0.410 e. The average molecular weight is 261 g/mol. The molecule has 0 aromatic heterocycles. The van der Waals surface area contributed by atoms with Gasteiger partial charge in [-0.05, 0) is 24.8 Å². The Morgan fingerprint density at radius 2 is 2.05 bits per heavy atom. The fourth-order valence-electron chi connectivity index (χ4n) is 2.25. The van der Waals surface area contributed by atoms with Crippen molar-refractivity contribution in [2.45, 2.75) is 25.9 Å². The molecule has 2 rings (SSSR count). The molecule has 19 heavy (non-hydrogen) atoms. The second-order valence-corrected chi connectivity index (χ2v) is 4.85. The van der Waals surface area contributed by atoms with E-state index in [0.717, 1.165) is 31.1 Å². The van der Waals surface area contributed by atoms with E-state index in [1.165, 1.54) is 0 Å². The van der Waals surface area contributed by atoms with Crippen LogP contribution in [0.4, 0.5) is 4.79 Å². The lowest BCUT2D eigenvalue weighted by molar-refractivity contribution is -0.111. The molecule has 1 atom stereocenters. The number of carbonyl (C=O) groups is 2. The summed E-state index contributed by atoms with van der Waals surface area (Å²) in [6, 6.07) is 9.63. The summed E-state index contributed by atoms with van der Waals surface area (Å²) < 4.78 is 5.29. The average Bonchev–Trinajstić information content (AvgIpc) is 2.71. The second-order valence-electron chi connectivity index (χ2n) is 4.85. The van der Waals surface area contributed by atoms with E-state index >= 15 is 0 Å². The van der Waals surface area contributed by atoms with Gasteiger partial charge in [0.25, 0.3) is 0 Å². The van der Waals surface area contributed by atoms with Gasteiger partial charge in [-0.2, -0.15) is 0 Å². The minimum absolute atomic E-state index is 0.0897. The van der Waals surface area contributed by atoms with Gasteiger partial charge in [0, 0.05) is 19.0 Å². The molecular formula is C15H19NO3. The Morgan fingerprint density at radius 3 is 2.79 bits per heavy atom. The Hall–Kier alpha value is -1.84. The van der Waals surface area contributed by atoms with Gasteiger partial charge >= 0.3 is 6.09 Å². The van der Waals surface area contributed by atoms with Crippen LogP contribution < -0.4 is 0 Å². The second kappa shape index (κ2) is 6.92. The van der Waals surface area contributed by atoms with E-state index in [9.17, 15) is 9.59 Å². The molecule has 4 nitrogen and oxygen atoms in total. The molecule has 4 heteroatoms. The van der Waals surface area contributed by atoms with Crippen LogP contribution in [0, 0.1) is 5.92 Å². The zero-order chi connectivity index (χ0) is 13.5. The first kappa shape index (κ1) is 13.6. The highest BCUT2D eigenvalue weighted by molar-refractivity contribution is 5.67. The van der Waals surface area contributed by atoms with E-state index in [0.29, 0.717) is 19.7 Å². The molecule has 0 aliphatic carbocycles. The molecule has 1 aromatic rings. The molecular weight excluding hydrogens is 242 g/mol. The van der Waals surface area contributed by atoms with Crippen molar-refractivity contribution in [2.24, 2.45) is 5.92 Å². The summed E-state index contributed by atoms with van der Waals surface area (Å²) in [5.41, 5.74) is 0.983. The fraction of sp³-hybridized carbons (Fsp3) is 0.467. The highest BCUT2D eigenvalue weighted by atomic mass is 16.6. The number of likely N-dealkylation sites (tertiary alicyclic amines) is 1. The summed E-state index contributed by atoms with van der Waals surface area (Å²) in [6.07, 6.45) is 3.19. The highest BCUT2D eigenvalue weighted by Gasteiger charge is 2.21. The molecule has 0 radical (unpaired) electrons. The Morgan fingerprint density at radius 1 is 1.26 bits per heavy atom. The number of ether oxygens (including phenoxy) is 1. The first-order valence-corrected chi connectivity index (χ1v) is 6.70. The third-order valence-electron chi connectivity index (χ3n) is 3.43. The van der Waals surface area contributed by atoms with Crippen LogP contribution in [0.15, 0.2) is 30.3 Å². The zero-order valence-corrected chi connectivity index (χ0v) is 11.0. The molecule has 0 bridgehead atoms. The Bertz CT molecular complexity index is 419. The van der Waals surface area contributed by atoms with Crippen molar-refractivity contribution in [1.29, 1.82) is 0 Å². The van der Waals surface area contributed by atoms with Crippen molar-refractivity contribution < 1.29 is 14.3 Å². The lowest BCUT2D eigenvalue weighted by atomic mass is 10.0. The molecule has 1 aliphatic rings. The van der Waals surface area contributed by atoms with Crippen LogP contribution in [0.2, 0.25) is 0 Å². The Labute approximate surface area is 113 Å². The van der Waals surface area contributed by atoms with E-state index in [4.69, 9.17) is 4.74 Å². The number of aldehydes is 1. The van der Waals surface area contributed by atoms with Gasteiger partial charge in [-0.25, -0.2) is 4.79 Å². The highest BCUT2D eigenvalue weighted by Crippen LogP contribution is 2.16. The van der Waals surface area contributed by atoms with Crippen molar-refractivity contribution in [2.75, 3.05) is 13.1 Å². The lowest BCUT2D eigenvalue weighted by Gasteiger charge is -2.19. The molecule has 1 fully saturated rings. The van der Waals surface area contributed by atoms with Gasteiger partial charge in [-0.3, -0.25) is 0 Å². The molecule has 1 amide bonds. The SMILES string of the molecule is O=CC1CCCN(C(=O)OCc2ccccc2)CC1. The lowest BCUT2D eigenvalue weighted by Crippen LogP contribution is -2.32. The van der Waals surface area contributed by atoms with E-state index in [2.05, 4.69) is 0 Å². The first-order chi connectivity index (χ1) is 9.29. The van der Waals surface area contributed by atoms with Crippen LogP contribution in [0.1, 0.15) is 24.8 Å². The van der Waals surface area contributed by atoms with Gasteiger partial charge in [0.1, 0.15) is 12.9 Å². The van der Waals surface area contributed by atoms with Crippen molar-refractivity contribution in [3.63, 3.8) is 0 Å². The Kier molecular flexibility index (Phi) is 4.95. The standard InChI is InChI=1S/C15H19NO3/c17-11-13-7-4-9-16(10-8-13)15(18)19-12-14-5-2-1-3-6-14/h1-3,5-6,11,13H,4,7-10,12H2. The van der Waals surface area contributed by atoms with Crippen molar-refractivity contribution >= 4 is 12.4 Å². The van der Waals surface area contributed by atoms with Crippen LogP contribution >= 0.6 is 0 Å². The number of hydrogen-bond acceptors (Lipinski definition) is 3. The maximum Gasteiger partial charge on any atom is 0.410 e. The number of hydrogen-bond donors (Lipinski definition) is 0. The molecule has 1 aliphatic heterocycles. The molecule has 0 saturated carbocycles.